The lowest BCUT2D eigenvalue weighted by Gasteiger charge is -2.34. The van der Waals surface area contributed by atoms with E-state index >= 15 is 0 Å². The summed E-state index contributed by atoms with van der Waals surface area (Å²) in [6.07, 6.45) is 4.07. The molecule has 1 aliphatic heterocycles. The molecule has 0 unspecified atom stereocenters. The molecule has 0 radical (unpaired) electrons. The highest BCUT2D eigenvalue weighted by atomic mass is 16.4. The average Bonchev–Trinajstić information content (AvgIpc) is 2.35. The van der Waals surface area contributed by atoms with E-state index in [0.717, 1.165) is 25.7 Å². The van der Waals surface area contributed by atoms with Gasteiger partial charge in [-0.05, 0) is 32.1 Å². The van der Waals surface area contributed by atoms with Gasteiger partial charge in [0, 0.05) is 12.6 Å². The van der Waals surface area contributed by atoms with E-state index in [1.165, 1.54) is 4.90 Å². The summed E-state index contributed by atoms with van der Waals surface area (Å²) in [6.45, 7) is 4.57. The number of carboxylic acids is 1. The molecular weight excluding hydrogens is 220 g/mol. The van der Waals surface area contributed by atoms with Gasteiger partial charge in [0.25, 0.3) is 0 Å². The SMILES string of the molecule is CCC(CC)NC(=O)N1CCCC[C@H]1C(=O)O. The molecular formula is C12H22N2O3. The van der Waals surface area contributed by atoms with E-state index in [-0.39, 0.29) is 12.1 Å². The number of rotatable bonds is 4. The van der Waals surface area contributed by atoms with Crippen molar-refractivity contribution in [2.24, 2.45) is 0 Å². The minimum atomic E-state index is -0.899. The Hall–Kier alpha value is -1.26. The second-order valence-corrected chi connectivity index (χ2v) is 4.51. The molecule has 5 nitrogen and oxygen atoms in total. The minimum Gasteiger partial charge on any atom is -0.480 e. The van der Waals surface area contributed by atoms with Gasteiger partial charge in [0.05, 0.1) is 0 Å². The summed E-state index contributed by atoms with van der Waals surface area (Å²) in [5.74, 6) is -0.899. The normalized spacial score (nSPS) is 20.4. The molecule has 1 heterocycles. The van der Waals surface area contributed by atoms with Crippen LogP contribution in [0, 0.1) is 0 Å². The van der Waals surface area contributed by atoms with Crippen molar-refractivity contribution in [1.82, 2.24) is 10.2 Å². The number of carboxylic acid groups (broad SMARTS) is 1. The maximum Gasteiger partial charge on any atom is 0.326 e. The third-order valence-electron chi connectivity index (χ3n) is 3.36. The Morgan fingerprint density at radius 2 is 2.00 bits per heavy atom. The van der Waals surface area contributed by atoms with Crippen molar-refractivity contribution in [3.8, 4) is 0 Å². The summed E-state index contributed by atoms with van der Waals surface area (Å²) < 4.78 is 0. The van der Waals surface area contributed by atoms with Crippen LogP contribution in [0.1, 0.15) is 46.0 Å². The van der Waals surface area contributed by atoms with Gasteiger partial charge in [0.2, 0.25) is 0 Å². The fourth-order valence-corrected chi connectivity index (χ4v) is 2.18. The first-order valence-electron chi connectivity index (χ1n) is 6.40. The van der Waals surface area contributed by atoms with Crippen molar-refractivity contribution in [3.05, 3.63) is 0 Å². The summed E-state index contributed by atoms with van der Waals surface area (Å²) in [6, 6.07) is -0.747. The topological polar surface area (TPSA) is 69.6 Å². The van der Waals surface area contributed by atoms with Crippen LogP contribution in [-0.4, -0.2) is 40.6 Å². The fraction of sp³-hybridized carbons (Fsp3) is 0.833. The molecule has 5 heteroatoms. The number of likely N-dealkylation sites (tertiary alicyclic amines) is 1. The lowest BCUT2D eigenvalue weighted by Crippen LogP contribution is -2.53. The Bertz CT molecular complexity index is 277. The van der Waals surface area contributed by atoms with E-state index in [1.807, 2.05) is 13.8 Å². The monoisotopic (exact) mass is 242 g/mol. The largest absolute Gasteiger partial charge is 0.480 e. The number of amides is 2. The predicted molar refractivity (Wildman–Crippen MR) is 64.9 cm³/mol. The van der Waals surface area contributed by atoms with E-state index in [0.29, 0.717) is 13.0 Å². The van der Waals surface area contributed by atoms with Crippen LogP contribution in [0.3, 0.4) is 0 Å². The van der Waals surface area contributed by atoms with Gasteiger partial charge in [-0.25, -0.2) is 9.59 Å². The van der Waals surface area contributed by atoms with Gasteiger partial charge in [-0.3, -0.25) is 0 Å². The molecule has 17 heavy (non-hydrogen) atoms. The molecule has 1 fully saturated rings. The molecule has 1 saturated heterocycles. The zero-order valence-electron chi connectivity index (χ0n) is 10.6. The van der Waals surface area contributed by atoms with Gasteiger partial charge in [-0.1, -0.05) is 13.8 Å². The predicted octanol–water partition coefficient (Wildman–Crippen LogP) is 1.82. The van der Waals surface area contributed by atoms with E-state index in [9.17, 15) is 9.59 Å². The minimum absolute atomic E-state index is 0.138. The molecule has 2 amide bonds. The highest BCUT2D eigenvalue weighted by molar-refractivity contribution is 5.83. The number of hydrogen-bond donors (Lipinski definition) is 2. The number of nitrogens with one attached hydrogen (secondary N) is 1. The second kappa shape index (κ2) is 6.47. The van der Waals surface area contributed by atoms with E-state index in [4.69, 9.17) is 5.11 Å². The fourth-order valence-electron chi connectivity index (χ4n) is 2.18. The first-order chi connectivity index (χ1) is 8.10. The van der Waals surface area contributed by atoms with Crippen LogP contribution in [0.2, 0.25) is 0 Å². The van der Waals surface area contributed by atoms with Crippen molar-refractivity contribution < 1.29 is 14.7 Å². The molecule has 1 aliphatic rings. The number of carbonyl (C=O) groups excluding carboxylic acids is 1. The maximum absolute atomic E-state index is 12.0. The van der Waals surface area contributed by atoms with Gasteiger partial charge < -0.3 is 15.3 Å². The third-order valence-corrected chi connectivity index (χ3v) is 3.36. The summed E-state index contributed by atoms with van der Waals surface area (Å²) in [4.78, 5) is 24.5. The zero-order valence-corrected chi connectivity index (χ0v) is 10.6. The van der Waals surface area contributed by atoms with Crippen molar-refractivity contribution in [2.75, 3.05) is 6.54 Å². The van der Waals surface area contributed by atoms with Gasteiger partial charge in [-0.15, -0.1) is 0 Å². The summed E-state index contributed by atoms with van der Waals surface area (Å²) in [7, 11) is 0. The van der Waals surface area contributed by atoms with E-state index in [1.54, 1.807) is 0 Å². The molecule has 0 aromatic rings. The van der Waals surface area contributed by atoms with E-state index < -0.39 is 12.0 Å². The molecule has 1 atom stereocenters. The van der Waals surface area contributed by atoms with Crippen molar-refractivity contribution in [1.29, 1.82) is 0 Å². The Labute approximate surface area is 102 Å². The summed E-state index contributed by atoms with van der Waals surface area (Å²) >= 11 is 0. The number of carbonyl (C=O) groups is 2. The van der Waals surface area contributed by atoms with Crippen molar-refractivity contribution in [2.45, 2.75) is 58.0 Å². The summed E-state index contributed by atoms with van der Waals surface area (Å²) in [5.41, 5.74) is 0. The molecule has 2 N–H and O–H groups in total. The smallest absolute Gasteiger partial charge is 0.326 e. The first kappa shape index (κ1) is 13.8. The molecule has 0 aromatic carbocycles. The van der Waals surface area contributed by atoms with Gasteiger partial charge in [-0.2, -0.15) is 0 Å². The Morgan fingerprint density at radius 1 is 1.35 bits per heavy atom. The molecule has 0 bridgehead atoms. The van der Waals surface area contributed by atoms with Crippen molar-refractivity contribution >= 4 is 12.0 Å². The molecule has 0 aliphatic carbocycles. The number of aliphatic carboxylic acids is 1. The number of nitrogens with zero attached hydrogens (tertiary/aromatic N) is 1. The zero-order chi connectivity index (χ0) is 12.8. The van der Waals surface area contributed by atoms with Crippen LogP contribution < -0.4 is 5.32 Å². The lowest BCUT2D eigenvalue weighted by atomic mass is 10.0. The van der Waals surface area contributed by atoms with Crippen LogP contribution in [-0.2, 0) is 4.79 Å². The maximum atomic E-state index is 12.0. The molecule has 0 saturated carbocycles. The van der Waals surface area contributed by atoms with Gasteiger partial charge in [0.15, 0.2) is 0 Å². The van der Waals surface area contributed by atoms with Gasteiger partial charge in [0.1, 0.15) is 6.04 Å². The Morgan fingerprint density at radius 3 is 2.53 bits per heavy atom. The molecule has 1 rings (SSSR count). The number of piperidine rings is 1. The van der Waals surface area contributed by atoms with Crippen LogP contribution in [0.5, 0.6) is 0 Å². The molecule has 0 spiro atoms. The standard InChI is InChI=1S/C12H22N2O3/c1-3-9(4-2)13-12(17)14-8-6-5-7-10(14)11(15)16/h9-10H,3-8H2,1-2H3,(H,13,17)(H,15,16)/t10-/m0/s1. The van der Waals surface area contributed by atoms with Crippen LogP contribution in [0.4, 0.5) is 4.79 Å². The van der Waals surface area contributed by atoms with Gasteiger partial charge >= 0.3 is 12.0 Å². The summed E-state index contributed by atoms with van der Waals surface area (Å²) in [5, 5.41) is 12.0. The highest BCUT2D eigenvalue weighted by Gasteiger charge is 2.32. The van der Waals surface area contributed by atoms with E-state index in [2.05, 4.69) is 5.32 Å². The second-order valence-electron chi connectivity index (χ2n) is 4.51. The third kappa shape index (κ3) is 3.61. The number of urea groups is 1. The Kier molecular flexibility index (Phi) is 5.25. The van der Waals surface area contributed by atoms with Crippen molar-refractivity contribution in [3.63, 3.8) is 0 Å². The number of hydrogen-bond acceptors (Lipinski definition) is 2. The van der Waals surface area contributed by atoms with Crippen LogP contribution in [0.25, 0.3) is 0 Å². The Balaban J connectivity index is 2.61. The first-order valence-corrected chi connectivity index (χ1v) is 6.40. The molecule has 0 aromatic heterocycles. The lowest BCUT2D eigenvalue weighted by molar-refractivity contribution is -0.143. The highest BCUT2D eigenvalue weighted by Crippen LogP contribution is 2.17. The van der Waals surface area contributed by atoms with Crippen LogP contribution in [0.15, 0.2) is 0 Å². The average molecular weight is 242 g/mol. The van der Waals surface area contributed by atoms with Crippen LogP contribution >= 0.6 is 0 Å². The molecule has 98 valence electrons. The quantitative estimate of drug-likeness (QED) is 0.790.